The summed E-state index contributed by atoms with van der Waals surface area (Å²) >= 11 is 0. The lowest BCUT2D eigenvalue weighted by molar-refractivity contribution is -0.139. The van der Waals surface area contributed by atoms with Crippen LogP contribution in [0.5, 0.6) is 5.75 Å². The van der Waals surface area contributed by atoms with Crippen molar-refractivity contribution in [1.82, 2.24) is 5.32 Å². The van der Waals surface area contributed by atoms with Gasteiger partial charge in [0, 0.05) is 0 Å². The van der Waals surface area contributed by atoms with Crippen LogP contribution in [0.2, 0.25) is 0 Å². The molecule has 0 bridgehead atoms. The highest BCUT2D eigenvalue weighted by atomic mass is 19.1. The number of halogens is 2. The predicted octanol–water partition coefficient (Wildman–Crippen LogP) is 1.38. The Kier molecular flexibility index (Phi) is 5.23. The topological polar surface area (TPSA) is 75.6 Å². The molecule has 1 atom stereocenters. The SMILES string of the molecule is CCOc1c(F)cccc1C(=O)NC(CF)C(=O)O. The third kappa shape index (κ3) is 3.64. The van der Waals surface area contributed by atoms with Gasteiger partial charge < -0.3 is 15.2 Å². The summed E-state index contributed by atoms with van der Waals surface area (Å²) < 4.78 is 30.9. The number of carbonyl (C=O) groups excluding carboxylic acids is 1. The highest BCUT2D eigenvalue weighted by Gasteiger charge is 2.23. The second kappa shape index (κ2) is 6.67. The number of alkyl halides is 1. The van der Waals surface area contributed by atoms with Crippen LogP contribution in [0.3, 0.4) is 0 Å². The van der Waals surface area contributed by atoms with Crippen molar-refractivity contribution in [2.24, 2.45) is 0 Å². The standard InChI is InChI=1S/C12H13F2NO4/c1-2-19-10-7(4-3-5-8(10)14)11(16)15-9(6-13)12(17)18/h3-5,9H,2,6H2,1H3,(H,15,16)(H,17,18). The molecule has 0 aromatic heterocycles. The summed E-state index contributed by atoms with van der Waals surface area (Å²) in [5.74, 6) is -3.45. The first-order valence-electron chi connectivity index (χ1n) is 5.52. The van der Waals surface area contributed by atoms with E-state index in [4.69, 9.17) is 9.84 Å². The van der Waals surface area contributed by atoms with Crippen LogP contribution in [-0.2, 0) is 4.79 Å². The highest BCUT2D eigenvalue weighted by Crippen LogP contribution is 2.22. The Morgan fingerprint density at radius 1 is 1.47 bits per heavy atom. The molecule has 1 rings (SSSR count). The number of rotatable bonds is 6. The number of para-hydroxylation sites is 1. The zero-order valence-corrected chi connectivity index (χ0v) is 10.2. The molecule has 19 heavy (non-hydrogen) atoms. The minimum absolute atomic E-state index is 0.132. The van der Waals surface area contributed by atoms with Crippen molar-refractivity contribution >= 4 is 11.9 Å². The first-order valence-corrected chi connectivity index (χ1v) is 5.52. The van der Waals surface area contributed by atoms with Gasteiger partial charge in [-0.3, -0.25) is 4.79 Å². The summed E-state index contributed by atoms with van der Waals surface area (Å²) in [6.07, 6.45) is 0. The van der Waals surface area contributed by atoms with Gasteiger partial charge in [0.15, 0.2) is 17.6 Å². The molecule has 0 saturated carbocycles. The average molecular weight is 273 g/mol. The van der Waals surface area contributed by atoms with Crippen molar-refractivity contribution in [1.29, 1.82) is 0 Å². The van der Waals surface area contributed by atoms with Crippen LogP contribution >= 0.6 is 0 Å². The quantitative estimate of drug-likeness (QED) is 0.821. The molecular weight excluding hydrogens is 260 g/mol. The van der Waals surface area contributed by atoms with Crippen molar-refractivity contribution in [3.8, 4) is 5.75 Å². The zero-order valence-electron chi connectivity index (χ0n) is 10.2. The number of carbonyl (C=O) groups is 2. The Bertz CT molecular complexity index is 479. The number of nitrogens with one attached hydrogen (secondary N) is 1. The smallest absolute Gasteiger partial charge is 0.328 e. The monoisotopic (exact) mass is 273 g/mol. The average Bonchev–Trinajstić information content (AvgIpc) is 2.37. The summed E-state index contributed by atoms with van der Waals surface area (Å²) in [6, 6.07) is 1.97. The number of ether oxygens (including phenoxy) is 1. The van der Waals surface area contributed by atoms with Crippen LogP contribution in [0, 0.1) is 5.82 Å². The minimum atomic E-state index is -1.68. The molecule has 1 aromatic rings. The predicted molar refractivity (Wildman–Crippen MR) is 62.4 cm³/mol. The summed E-state index contributed by atoms with van der Waals surface area (Å²) in [6.45, 7) is 0.475. The maximum Gasteiger partial charge on any atom is 0.328 e. The molecule has 0 fully saturated rings. The molecule has 0 saturated heterocycles. The van der Waals surface area contributed by atoms with Gasteiger partial charge in [0.05, 0.1) is 12.2 Å². The Hall–Kier alpha value is -2.18. The Labute approximate surface area is 108 Å². The highest BCUT2D eigenvalue weighted by molar-refractivity contribution is 5.99. The van der Waals surface area contributed by atoms with Crippen LogP contribution < -0.4 is 10.1 Å². The van der Waals surface area contributed by atoms with Gasteiger partial charge in [-0.15, -0.1) is 0 Å². The van der Waals surface area contributed by atoms with Gasteiger partial charge in [0.25, 0.3) is 5.91 Å². The van der Waals surface area contributed by atoms with E-state index in [2.05, 4.69) is 0 Å². The second-order valence-electron chi connectivity index (χ2n) is 3.57. The van der Waals surface area contributed by atoms with E-state index in [9.17, 15) is 18.4 Å². The third-order valence-electron chi connectivity index (χ3n) is 2.26. The molecule has 7 heteroatoms. The number of hydrogen-bond donors (Lipinski definition) is 2. The number of hydrogen-bond acceptors (Lipinski definition) is 3. The van der Waals surface area contributed by atoms with E-state index in [0.29, 0.717) is 0 Å². The number of amides is 1. The van der Waals surface area contributed by atoms with Crippen molar-refractivity contribution in [2.75, 3.05) is 13.3 Å². The second-order valence-corrected chi connectivity index (χ2v) is 3.57. The maximum atomic E-state index is 13.5. The van der Waals surface area contributed by atoms with Gasteiger partial charge in [0.2, 0.25) is 0 Å². The van der Waals surface area contributed by atoms with E-state index < -0.39 is 30.4 Å². The fraction of sp³-hybridized carbons (Fsp3) is 0.333. The first kappa shape index (κ1) is 14.9. The maximum absolute atomic E-state index is 13.5. The fourth-order valence-electron chi connectivity index (χ4n) is 1.38. The Morgan fingerprint density at radius 3 is 2.68 bits per heavy atom. The largest absolute Gasteiger partial charge is 0.490 e. The Morgan fingerprint density at radius 2 is 2.16 bits per heavy atom. The van der Waals surface area contributed by atoms with Crippen LogP contribution in [0.1, 0.15) is 17.3 Å². The van der Waals surface area contributed by atoms with Crippen molar-refractivity contribution in [3.63, 3.8) is 0 Å². The molecule has 2 N–H and O–H groups in total. The lowest BCUT2D eigenvalue weighted by Crippen LogP contribution is -2.42. The van der Waals surface area contributed by atoms with Gasteiger partial charge in [0.1, 0.15) is 6.67 Å². The minimum Gasteiger partial charge on any atom is -0.490 e. The summed E-state index contributed by atoms with van der Waals surface area (Å²) in [5, 5.41) is 10.6. The van der Waals surface area contributed by atoms with E-state index >= 15 is 0 Å². The number of aliphatic carboxylic acids is 1. The molecule has 1 amide bonds. The van der Waals surface area contributed by atoms with Crippen molar-refractivity contribution < 1.29 is 28.2 Å². The van der Waals surface area contributed by atoms with Crippen LogP contribution in [0.4, 0.5) is 8.78 Å². The van der Waals surface area contributed by atoms with Crippen molar-refractivity contribution in [2.45, 2.75) is 13.0 Å². The van der Waals surface area contributed by atoms with Crippen LogP contribution in [-0.4, -0.2) is 36.3 Å². The fourth-order valence-corrected chi connectivity index (χ4v) is 1.38. The summed E-state index contributed by atoms with van der Waals surface area (Å²) in [4.78, 5) is 22.4. The molecule has 0 heterocycles. The molecule has 1 aromatic carbocycles. The van der Waals surface area contributed by atoms with E-state index in [0.717, 1.165) is 6.07 Å². The van der Waals surface area contributed by atoms with E-state index in [-0.39, 0.29) is 17.9 Å². The molecule has 0 radical (unpaired) electrons. The summed E-state index contributed by atoms with van der Waals surface area (Å²) in [7, 11) is 0. The number of benzene rings is 1. The Balaban J connectivity index is 2.99. The number of carboxylic acids is 1. The molecule has 5 nitrogen and oxygen atoms in total. The van der Waals surface area contributed by atoms with E-state index in [1.54, 1.807) is 6.92 Å². The molecule has 0 spiro atoms. The van der Waals surface area contributed by atoms with Crippen molar-refractivity contribution in [3.05, 3.63) is 29.6 Å². The van der Waals surface area contributed by atoms with Gasteiger partial charge >= 0.3 is 5.97 Å². The van der Waals surface area contributed by atoms with Gasteiger partial charge in [-0.25, -0.2) is 13.6 Å². The number of carboxylic acid groups (broad SMARTS) is 1. The van der Waals surface area contributed by atoms with Crippen LogP contribution in [0.15, 0.2) is 18.2 Å². The van der Waals surface area contributed by atoms with E-state index in [1.165, 1.54) is 12.1 Å². The molecule has 0 aliphatic rings. The first-order chi connectivity index (χ1) is 9.01. The lowest BCUT2D eigenvalue weighted by atomic mass is 10.1. The molecule has 0 aliphatic heterocycles. The zero-order chi connectivity index (χ0) is 14.4. The molecular formula is C12H13F2NO4. The van der Waals surface area contributed by atoms with Gasteiger partial charge in [-0.2, -0.15) is 0 Å². The van der Waals surface area contributed by atoms with E-state index in [1.807, 2.05) is 5.32 Å². The molecule has 104 valence electrons. The lowest BCUT2D eigenvalue weighted by Gasteiger charge is -2.14. The third-order valence-corrected chi connectivity index (χ3v) is 2.26. The molecule has 1 unspecified atom stereocenters. The molecule has 0 aliphatic carbocycles. The van der Waals surface area contributed by atoms with Gasteiger partial charge in [-0.1, -0.05) is 6.07 Å². The normalized spacial score (nSPS) is 11.7. The summed E-state index contributed by atoms with van der Waals surface area (Å²) in [5.41, 5.74) is -0.179. The van der Waals surface area contributed by atoms with Crippen LogP contribution in [0.25, 0.3) is 0 Å². The van der Waals surface area contributed by atoms with Gasteiger partial charge in [-0.05, 0) is 19.1 Å².